The fourth-order valence-electron chi connectivity index (χ4n) is 2.00. The number of rotatable bonds is 5. The largest absolute Gasteiger partial charge is 0.383 e. The first kappa shape index (κ1) is 11.0. The summed E-state index contributed by atoms with van der Waals surface area (Å²) >= 11 is 0. The Hall–Kier alpha value is -0.120. The SMILES string of the molecule is CNCC(COC)N1CCCCC1. The van der Waals surface area contributed by atoms with Crippen LogP contribution in [-0.4, -0.2) is 51.3 Å². The molecule has 0 aromatic rings. The first-order valence-corrected chi connectivity index (χ1v) is 5.26. The Morgan fingerprint density at radius 3 is 2.54 bits per heavy atom. The molecule has 0 aromatic carbocycles. The van der Waals surface area contributed by atoms with Crippen molar-refractivity contribution in [2.75, 3.05) is 40.4 Å². The summed E-state index contributed by atoms with van der Waals surface area (Å²) < 4.78 is 5.23. The first-order valence-electron chi connectivity index (χ1n) is 5.26. The maximum atomic E-state index is 5.23. The van der Waals surface area contributed by atoms with Crippen LogP contribution in [0, 0.1) is 0 Å². The van der Waals surface area contributed by atoms with Gasteiger partial charge >= 0.3 is 0 Å². The number of piperidine rings is 1. The smallest absolute Gasteiger partial charge is 0.0630 e. The third-order valence-electron chi connectivity index (χ3n) is 2.71. The van der Waals surface area contributed by atoms with E-state index in [-0.39, 0.29) is 0 Å². The Balaban J connectivity index is 2.32. The van der Waals surface area contributed by atoms with Crippen molar-refractivity contribution in [2.24, 2.45) is 0 Å². The van der Waals surface area contributed by atoms with E-state index in [1.807, 2.05) is 7.05 Å². The molecule has 0 saturated carbocycles. The molecule has 3 nitrogen and oxygen atoms in total. The van der Waals surface area contributed by atoms with Gasteiger partial charge in [0.25, 0.3) is 0 Å². The summed E-state index contributed by atoms with van der Waals surface area (Å²) in [7, 11) is 3.79. The van der Waals surface area contributed by atoms with Crippen molar-refractivity contribution >= 4 is 0 Å². The number of nitrogens with zero attached hydrogens (tertiary/aromatic N) is 1. The highest BCUT2D eigenvalue weighted by Crippen LogP contribution is 2.11. The molecular formula is C10H22N2O. The molecule has 1 N–H and O–H groups in total. The average Bonchev–Trinajstić information content (AvgIpc) is 2.19. The second kappa shape index (κ2) is 6.35. The highest BCUT2D eigenvalue weighted by atomic mass is 16.5. The van der Waals surface area contributed by atoms with Gasteiger partial charge in [-0.1, -0.05) is 6.42 Å². The van der Waals surface area contributed by atoms with Crippen LogP contribution in [0.3, 0.4) is 0 Å². The molecular weight excluding hydrogens is 164 g/mol. The molecule has 1 unspecified atom stereocenters. The topological polar surface area (TPSA) is 24.5 Å². The van der Waals surface area contributed by atoms with E-state index < -0.39 is 0 Å². The molecule has 0 radical (unpaired) electrons. The van der Waals surface area contributed by atoms with Crippen LogP contribution in [0.2, 0.25) is 0 Å². The third kappa shape index (κ3) is 3.63. The van der Waals surface area contributed by atoms with E-state index in [0.29, 0.717) is 6.04 Å². The fraction of sp³-hybridized carbons (Fsp3) is 1.00. The zero-order valence-electron chi connectivity index (χ0n) is 8.88. The number of hydrogen-bond donors (Lipinski definition) is 1. The lowest BCUT2D eigenvalue weighted by atomic mass is 10.1. The standard InChI is InChI=1S/C10H22N2O/c1-11-8-10(9-13-2)12-6-4-3-5-7-12/h10-11H,3-9H2,1-2H3. The van der Waals surface area contributed by atoms with Crippen LogP contribution in [0.25, 0.3) is 0 Å². The van der Waals surface area contributed by atoms with Gasteiger partial charge < -0.3 is 10.1 Å². The van der Waals surface area contributed by atoms with E-state index in [2.05, 4.69) is 10.2 Å². The minimum Gasteiger partial charge on any atom is -0.383 e. The van der Waals surface area contributed by atoms with Crippen LogP contribution in [0.1, 0.15) is 19.3 Å². The number of nitrogens with one attached hydrogen (secondary N) is 1. The van der Waals surface area contributed by atoms with Gasteiger partial charge in [-0.05, 0) is 33.0 Å². The van der Waals surface area contributed by atoms with E-state index >= 15 is 0 Å². The predicted octanol–water partition coefficient (Wildman–Crippen LogP) is 0.707. The Morgan fingerprint density at radius 1 is 1.31 bits per heavy atom. The monoisotopic (exact) mass is 186 g/mol. The first-order chi connectivity index (χ1) is 6.38. The zero-order valence-corrected chi connectivity index (χ0v) is 8.88. The molecule has 13 heavy (non-hydrogen) atoms. The zero-order chi connectivity index (χ0) is 9.52. The van der Waals surface area contributed by atoms with Gasteiger partial charge in [-0.25, -0.2) is 0 Å². The fourth-order valence-corrected chi connectivity index (χ4v) is 2.00. The van der Waals surface area contributed by atoms with Crippen molar-refractivity contribution in [3.63, 3.8) is 0 Å². The van der Waals surface area contributed by atoms with Crippen molar-refractivity contribution in [3.8, 4) is 0 Å². The van der Waals surface area contributed by atoms with E-state index in [9.17, 15) is 0 Å². The van der Waals surface area contributed by atoms with Crippen molar-refractivity contribution < 1.29 is 4.74 Å². The molecule has 1 aliphatic rings. The van der Waals surface area contributed by atoms with Gasteiger partial charge in [0.05, 0.1) is 6.61 Å². The lowest BCUT2D eigenvalue weighted by Crippen LogP contribution is -2.46. The Kier molecular flexibility index (Phi) is 5.35. The molecule has 0 spiro atoms. The molecule has 1 atom stereocenters. The normalized spacial score (nSPS) is 21.7. The lowest BCUT2D eigenvalue weighted by molar-refractivity contribution is 0.0776. The molecule has 0 aromatic heterocycles. The van der Waals surface area contributed by atoms with Gasteiger partial charge in [0.1, 0.15) is 0 Å². The van der Waals surface area contributed by atoms with Crippen LogP contribution in [0.5, 0.6) is 0 Å². The van der Waals surface area contributed by atoms with Crippen molar-refractivity contribution in [2.45, 2.75) is 25.3 Å². The Bertz CT molecular complexity index is 118. The van der Waals surface area contributed by atoms with E-state index in [0.717, 1.165) is 13.2 Å². The van der Waals surface area contributed by atoms with Crippen molar-refractivity contribution in [3.05, 3.63) is 0 Å². The predicted molar refractivity (Wildman–Crippen MR) is 55.0 cm³/mol. The van der Waals surface area contributed by atoms with Crippen molar-refractivity contribution in [1.82, 2.24) is 10.2 Å². The second-order valence-corrected chi connectivity index (χ2v) is 3.76. The molecule has 1 aliphatic heterocycles. The highest BCUT2D eigenvalue weighted by molar-refractivity contribution is 4.75. The van der Waals surface area contributed by atoms with E-state index in [1.165, 1.54) is 32.4 Å². The molecule has 0 bridgehead atoms. The second-order valence-electron chi connectivity index (χ2n) is 3.76. The summed E-state index contributed by atoms with van der Waals surface area (Å²) in [6.45, 7) is 4.38. The van der Waals surface area contributed by atoms with Gasteiger partial charge in [0.15, 0.2) is 0 Å². The average molecular weight is 186 g/mol. The number of ether oxygens (including phenoxy) is 1. The molecule has 1 saturated heterocycles. The number of likely N-dealkylation sites (N-methyl/N-ethyl adjacent to an activating group) is 1. The molecule has 3 heteroatoms. The van der Waals surface area contributed by atoms with E-state index in [4.69, 9.17) is 4.74 Å². The number of hydrogen-bond acceptors (Lipinski definition) is 3. The molecule has 0 amide bonds. The highest BCUT2D eigenvalue weighted by Gasteiger charge is 2.19. The molecule has 0 aliphatic carbocycles. The van der Waals surface area contributed by atoms with Crippen molar-refractivity contribution in [1.29, 1.82) is 0 Å². The van der Waals surface area contributed by atoms with E-state index in [1.54, 1.807) is 7.11 Å². The maximum Gasteiger partial charge on any atom is 0.0630 e. The summed E-state index contributed by atoms with van der Waals surface area (Å²) in [5.41, 5.74) is 0. The van der Waals surface area contributed by atoms with Crippen LogP contribution < -0.4 is 5.32 Å². The van der Waals surface area contributed by atoms with Crippen LogP contribution >= 0.6 is 0 Å². The number of likely N-dealkylation sites (tertiary alicyclic amines) is 1. The third-order valence-corrected chi connectivity index (χ3v) is 2.71. The van der Waals surface area contributed by atoms with Gasteiger partial charge in [-0.3, -0.25) is 4.90 Å². The van der Waals surface area contributed by atoms with Crippen LogP contribution in [0.4, 0.5) is 0 Å². The maximum absolute atomic E-state index is 5.23. The van der Waals surface area contributed by atoms with Crippen LogP contribution in [0.15, 0.2) is 0 Å². The Morgan fingerprint density at radius 2 is 2.00 bits per heavy atom. The molecule has 1 fully saturated rings. The summed E-state index contributed by atoms with van der Waals surface area (Å²) in [6, 6.07) is 0.565. The number of methoxy groups -OCH3 is 1. The Labute approximate surface area is 81.4 Å². The van der Waals surface area contributed by atoms with Gasteiger partial charge in [-0.15, -0.1) is 0 Å². The molecule has 1 rings (SSSR count). The summed E-state index contributed by atoms with van der Waals surface area (Å²) in [4.78, 5) is 2.55. The minimum absolute atomic E-state index is 0.565. The van der Waals surface area contributed by atoms with Gasteiger partial charge in [0, 0.05) is 19.7 Å². The summed E-state index contributed by atoms with van der Waals surface area (Å²) in [5.74, 6) is 0. The summed E-state index contributed by atoms with van der Waals surface area (Å²) in [5, 5.41) is 3.23. The minimum atomic E-state index is 0.565. The molecule has 1 heterocycles. The van der Waals surface area contributed by atoms with Gasteiger partial charge in [0.2, 0.25) is 0 Å². The molecule has 78 valence electrons. The van der Waals surface area contributed by atoms with Gasteiger partial charge in [-0.2, -0.15) is 0 Å². The lowest BCUT2D eigenvalue weighted by Gasteiger charge is -2.34. The summed E-state index contributed by atoms with van der Waals surface area (Å²) in [6.07, 6.45) is 4.10. The van der Waals surface area contributed by atoms with Crippen LogP contribution in [-0.2, 0) is 4.74 Å². The quantitative estimate of drug-likeness (QED) is 0.684.